The zero-order chi connectivity index (χ0) is 12.4. The Balaban J connectivity index is 2.62. The van der Waals surface area contributed by atoms with Gasteiger partial charge < -0.3 is 4.74 Å². The van der Waals surface area contributed by atoms with Gasteiger partial charge in [0.1, 0.15) is 11.6 Å². The van der Waals surface area contributed by atoms with E-state index in [0.717, 1.165) is 22.5 Å². The Morgan fingerprint density at radius 2 is 1.82 bits per heavy atom. The van der Waals surface area contributed by atoms with Gasteiger partial charge in [0, 0.05) is 22.5 Å². The molecule has 2 aromatic rings. The summed E-state index contributed by atoms with van der Waals surface area (Å²) in [4.78, 5) is 4.38. The van der Waals surface area contributed by atoms with Gasteiger partial charge in [-0.2, -0.15) is 0 Å². The average Bonchev–Trinajstić information content (AvgIpc) is 2.29. The maximum atomic E-state index is 13.3. The molecule has 1 aromatic carbocycles. The van der Waals surface area contributed by atoms with E-state index in [2.05, 4.69) is 4.98 Å². The summed E-state index contributed by atoms with van der Waals surface area (Å²) >= 11 is 0. The molecule has 88 valence electrons. The van der Waals surface area contributed by atoms with Gasteiger partial charge in [-0.05, 0) is 38.1 Å². The summed E-state index contributed by atoms with van der Waals surface area (Å²) in [6.07, 6.45) is 0. The Labute approximate surface area is 100 Å². The standard InChI is InChI=1S/C14H14FNO/c1-9-4-6-12(10(2)16-9)13-8-11(15)5-7-14(13)17-3/h4-8H,1-3H3. The van der Waals surface area contributed by atoms with E-state index in [1.165, 1.54) is 12.1 Å². The van der Waals surface area contributed by atoms with E-state index in [9.17, 15) is 4.39 Å². The lowest BCUT2D eigenvalue weighted by atomic mass is 10.0. The van der Waals surface area contributed by atoms with E-state index in [1.807, 2.05) is 26.0 Å². The number of rotatable bonds is 2. The first kappa shape index (κ1) is 11.6. The van der Waals surface area contributed by atoms with Gasteiger partial charge in [-0.1, -0.05) is 6.07 Å². The second-order valence-electron chi connectivity index (χ2n) is 3.93. The van der Waals surface area contributed by atoms with Crippen molar-refractivity contribution in [1.29, 1.82) is 0 Å². The molecule has 0 N–H and O–H groups in total. The molecule has 0 amide bonds. The van der Waals surface area contributed by atoms with Crippen LogP contribution in [0.25, 0.3) is 11.1 Å². The molecule has 0 unspecified atom stereocenters. The third-order valence-electron chi connectivity index (χ3n) is 2.68. The number of hydrogen-bond acceptors (Lipinski definition) is 2. The number of benzene rings is 1. The molecule has 0 bridgehead atoms. The number of hydrogen-bond donors (Lipinski definition) is 0. The Hall–Kier alpha value is -1.90. The van der Waals surface area contributed by atoms with Crippen LogP contribution < -0.4 is 4.74 Å². The highest BCUT2D eigenvalue weighted by Crippen LogP contribution is 2.32. The lowest BCUT2D eigenvalue weighted by molar-refractivity contribution is 0.415. The highest BCUT2D eigenvalue weighted by Gasteiger charge is 2.10. The summed E-state index contributed by atoms with van der Waals surface area (Å²) in [5.74, 6) is 0.376. The molecule has 0 saturated carbocycles. The fraction of sp³-hybridized carbons (Fsp3) is 0.214. The van der Waals surface area contributed by atoms with Gasteiger partial charge in [-0.3, -0.25) is 4.98 Å². The Kier molecular flexibility index (Phi) is 3.09. The van der Waals surface area contributed by atoms with Crippen LogP contribution in [0.2, 0.25) is 0 Å². The van der Waals surface area contributed by atoms with Gasteiger partial charge in [0.05, 0.1) is 7.11 Å². The predicted molar refractivity (Wildman–Crippen MR) is 65.7 cm³/mol. The maximum absolute atomic E-state index is 13.3. The molecule has 17 heavy (non-hydrogen) atoms. The minimum Gasteiger partial charge on any atom is -0.496 e. The molecular formula is C14H14FNO. The van der Waals surface area contributed by atoms with Crippen molar-refractivity contribution < 1.29 is 9.13 Å². The van der Waals surface area contributed by atoms with E-state index in [0.29, 0.717) is 5.75 Å². The number of methoxy groups -OCH3 is 1. The van der Waals surface area contributed by atoms with Gasteiger partial charge >= 0.3 is 0 Å². The lowest BCUT2D eigenvalue weighted by Gasteiger charge is -2.11. The number of ether oxygens (including phenoxy) is 1. The van der Waals surface area contributed by atoms with Crippen molar-refractivity contribution in [2.45, 2.75) is 13.8 Å². The minimum absolute atomic E-state index is 0.277. The predicted octanol–water partition coefficient (Wildman–Crippen LogP) is 3.51. The Morgan fingerprint density at radius 1 is 1.06 bits per heavy atom. The van der Waals surface area contributed by atoms with Gasteiger partial charge in [-0.25, -0.2) is 4.39 Å². The van der Waals surface area contributed by atoms with E-state index in [1.54, 1.807) is 13.2 Å². The molecule has 0 saturated heterocycles. The van der Waals surface area contributed by atoms with Crippen LogP contribution in [-0.2, 0) is 0 Å². The van der Waals surface area contributed by atoms with Crippen LogP contribution in [-0.4, -0.2) is 12.1 Å². The highest BCUT2D eigenvalue weighted by molar-refractivity contribution is 5.72. The molecule has 0 radical (unpaired) electrons. The zero-order valence-corrected chi connectivity index (χ0v) is 10.1. The number of pyridine rings is 1. The van der Waals surface area contributed by atoms with Gasteiger partial charge in [-0.15, -0.1) is 0 Å². The number of aromatic nitrogens is 1. The molecule has 2 nitrogen and oxygen atoms in total. The molecule has 0 spiro atoms. The molecule has 3 heteroatoms. The summed E-state index contributed by atoms with van der Waals surface area (Å²) in [7, 11) is 1.58. The third kappa shape index (κ3) is 2.28. The number of aryl methyl sites for hydroxylation is 2. The third-order valence-corrected chi connectivity index (χ3v) is 2.68. The van der Waals surface area contributed by atoms with Crippen molar-refractivity contribution in [2.24, 2.45) is 0 Å². The van der Waals surface area contributed by atoms with Crippen molar-refractivity contribution in [3.8, 4) is 16.9 Å². The summed E-state index contributed by atoms with van der Waals surface area (Å²) in [5, 5.41) is 0. The number of nitrogens with zero attached hydrogens (tertiary/aromatic N) is 1. The molecule has 2 rings (SSSR count). The Morgan fingerprint density at radius 3 is 2.47 bits per heavy atom. The topological polar surface area (TPSA) is 22.1 Å². The first-order valence-corrected chi connectivity index (χ1v) is 5.40. The summed E-state index contributed by atoms with van der Waals surface area (Å²) < 4.78 is 18.5. The molecule has 1 heterocycles. The van der Waals surface area contributed by atoms with Crippen molar-refractivity contribution in [2.75, 3.05) is 7.11 Å². The van der Waals surface area contributed by atoms with E-state index in [-0.39, 0.29) is 5.82 Å². The van der Waals surface area contributed by atoms with E-state index >= 15 is 0 Å². The van der Waals surface area contributed by atoms with Crippen LogP contribution in [0.1, 0.15) is 11.4 Å². The van der Waals surface area contributed by atoms with Crippen molar-refractivity contribution in [3.05, 3.63) is 47.5 Å². The molecular weight excluding hydrogens is 217 g/mol. The van der Waals surface area contributed by atoms with Crippen molar-refractivity contribution >= 4 is 0 Å². The molecule has 0 aliphatic carbocycles. The Bertz CT molecular complexity index is 552. The van der Waals surface area contributed by atoms with Crippen LogP contribution >= 0.6 is 0 Å². The molecule has 0 atom stereocenters. The zero-order valence-electron chi connectivity index (χ0n) is 10.1. The fourth-order valence-electron chi connectivity index (χ4n) is 1.86. The van der Waals surface area contributed by atoms with Crippen LogP contribution in [0.5, 0.6) is 5.75 Å². The lowest BCUT2D eigenvalue weighted by Crippen LogP contribution is -1.94. The first-order valence-electron chi connectivity index (χ1n) is 5.40. The van der Waals surface area contributed by atoms with Crippen LogP contribution in [0.15, 0.2) is 30.3 Å². The highest BCUT2D eigenvalue weighted by atomic mass is 19.1. The van der Waals surface area contributed by atoms with E-state index in [4.69, 9.17) is 4.74 Å². The van der Waals surface area contributed by atoms with Gasteiger partial charge in [0.15, 0.2) is 0 Å². The van der Waals surface area contributed by atoms with Crippen LogP contribution in [0.3, 0.4) is 0 Å². The average molecular weight is 231 g/mol. The summed E-state index contributed by atoms with van der Waals surface area (Å²) in [6, 6.07) is 8.34. The fourth-order valence-corrected chi connectivity index (χ4v) is 1.86. The summed E-state index contributed by atoms with van der Waals surface area (Å²) in [5.41, 5.74) is 3.44. The largest absolute Gasteiger partial charge is 0.496 e. The van der Waals surface area contributed by atoms with Crippen LogP contribution in [0, 0.1) is 19.7 Å². The maximum Gasteiger partial charge on any atom is 0.126 e. The normalized spacial score (nSPS) is 10.4. The van der Waals surface area contributed by atoms with Gasteiger partial charge in [0.25, 0.3) is 0 Å². The van der Waals surface area contributed by atoms with Crippen LogP contribution in [0.4, 0.5) is 4.39 Å². The minimum atomic E-state index is -0.277. The first-order chi connectivity index (χ1) is 8.11. The van der Waals surface area contributed by atoms with Crippen molar-refractivity contribution in [3.63, 3.8) is 0 Å². The van der Waals surface area contributed by atoms with Gasteiger partial charge in [0.2, 0.25) is 0 Å². The quantitative estimate of drug-likeness (QED) is 0.789. The second-order valence-corrected chi connectivity index (χ2v) is 3.93. The molecule has 0 aliphatic rings. The monoisotopic (exact) mass is 231 g/mol. The number of halogens is 1. The molecule has 0 fully saturated rings. The summed E-state index contributed by atoms with van der Waals surface area (Å²) in [6.45, 7) is 3.84. The van der Waals surface area contributed by atoms with E-state index < -0.39 is 0 Å². The SMILES string of the molecule is COc1ccc(F)cc1-c1ccc(C)nc1C. The van der Waals surface area contributed by atoms with Crippen molar-refractivity contribution in [1.82, 2.24) is 4.98 Å². The second kappa shape index (κ2) is 4.53. The molecule has 0 aliphatic heterocycles. The molecule has 1 aromatic heterocycles. The smallest absolute Gasteiger partial charge is 0.126 e.